The molecule has 0 unspecified atom stereocenters. The van der Waals surface area contributed by atoms with Gasteiger partial charge in [0.25, 0.3) is 0 Å². The van der Waals surface area contributed by atoms with Gasteiger partial charge in [-0.25, -0.2) is 4.79 Å². The maximum Gasteiger partial charge on any atom is 0.336 e. The number of aryl methyl sites for hydroxylation is 1. The van der Waals surface area contributed by atoms with Gasteiger partial charge in [0.05, 0.1) is 5.69 Å². The number of hydrogen-bond acceptors (Lipinski definition) is 6. The van der Waals surface area contributed by atoms with E-state index in [0.29, 0.717) is 11.2 Å². The van der Waals surface area contributed by atoms with Crippen LogP contribution in [0.1, 0.15) is 5.56 Å². The summed E-state index contributed by atoms with van der Waals surface area (Å²) in [6, 6.07) is 16.0. The highest BCUT2D eigenvalue weighted by molar-refractivity contribution is 5.92. The van der Waals surface area contributed by atoms with Crippen molar-refractivity contribution in [2.75, 3.05) is 0 Å². The van der Waals surface area contributed by atoms with E-state index in [-0.39, 0.29) is 17.0 Å². The van der Waals surface area contributed by atoms with E-state index in [2.05, 4.69) is 20.4 Å². The predicted molar refractivity (Wildman–Crippen MR) is 97.1 cm³/mol. The summed E-state index contributed by atoms with van der Waals surface area (Å²) >= 11 is 0. The van der Waals surface area contributed by atoms with Gasteiger partial charge in [0.1, 0.15) is 5.75 Å². The monoisotopic (exact) mass is 346 g/mol. The topological polar surface area (TPSA) is 104 Å². The first-order chi connectivity index (χ1) is 12.6. The van der Waals surface area contributed by atoms with Crippen LogP contribution in [0.3, 0.4) is 0 Å². The van der Waals surface area contributed by atoms with Crippen molar-refractivity contribution in [3.05, 3.63) is 70.6 Å². The average Bonchev–Trinajstić information content (AvgIpc) is 3.10. The van der Waals surface area contributed by atoms with Crippen LogP contribution in [0.15, 0.2) is 74.0 Å². The number of H-pyrrole nitrogens is 1. The van der Waals surface area contributed by atoms with Crippen LogP contribution in [0, 0.1) is 6.92 Å². The number of fused-ring (bicyclic) bond motifs is 1. The van der Waals surface area contributed by atoms with Crippen LogP contribution in [0.4, 0.5) is 11.5 Å². The fourth-order valence-electron chi connectivity index (χ4n) is 2.69. The maximum absolute atomic E-state index is 11.7. The van der Waals surface area contributed by atoms with Gasteiger partial charge in [0.15, 0.2) is 17.1 Å². The molecule has 0 aliphatic rings. The zero-order chi connectivity index (χ0) is 18.1. The Balaban J connectivity index is 1.75. The second kappa shape index (κ2) is 6.29. The molecule has 4 rings (SSSR count). The molecule has 0 saturated heterocycles. The molecular formula is C19H14N4O3. The number of phenols is 1. The molecule has 4 aromatic rings. The third-order valence-corrected chi connectivity index (χ3v) is 3.97. The second-order valence-corrected chi connectivity index (χ2v) is 5.76. The summed E-state index contributed by atoms with van der Waals surface area (Å²) in [7, 11) is 0. The fourth-order valence-corrected chi connectivity index (χ4v) is 2.69. The molecular weight excluding hydrogens is 332 g/mol. The molecule has 0 amide bonds. The standard InChI is InChI=1S/C19H14N4O3/c1-11-9-17(25)26-19-13(11)7-8-15(24)18(19)23-22-16-10-14(20-21-16)12-5-3-2-4-6-12/h2-10,24H,1H3,(H,20,21). The number of hydrogen-bond donors (Lipinski definition) is 2. The highest BCUT2D eigenvalue weighted by Crippen LogP contribution is 2.36. The minimum Gasteiger partial charge on any atom is -0.505 e. The van der Waals surface area contributed by atoms with Gasteiger partial charge in [-0.3, -0.25) is 5.10 Å². The molecule has 7 nitrogen and oxygen atoms in total. The highest BCUT2D eigenvalue weighted by atomic mass is 16.4. The van der Waals surface area contributed by atoms with E-state index in [4.69, 9.17) is 4.42 Å². The van der Waals surface area contributed by atoms with Gasteiger partial charge in [0.2, 0.25) is 0 Å². The minimum atomic E-state index is -0.511. The molecule has 0 spiro atoms. The molecule has 2 aromatic heterocycles. The van der Waals surface area contributed by atoms with Crippen LogP contribution in [0.5, 0.6) is 5.75 Å². The Morgan fingerprint density at radius 3 is 2.69 bits per heavy atom. The van der Waals surface area contributed by atoms with Crippen molar-refractivity contribution in [2.45, 2.75) is 6.92 Å². The Morgan fingerprint density at radius 2 is 1.88 bits per heavy atom. The van der Waals surface area contributed by atoms with Gasteiger partial charge < -0.3 is 9.52 Å². The number of phenolic OH excluding ortho intramolecular Hbond substituents is 1. The molecule has 2 aromatic carbocycles. The molecule has 0 radical (unpaired) electrons. The van der Waals surface area contributed by atoms with E-state index in [9.17, 15) is 9.90 Å². The summed E-state index contributed by atoms with van der Waals surface area (Å²) in [6.45, 7) is 1.79. The summed E-state index contributed by atoms with van der Waals surface area (Å²) in [5, 5.41) is 25.9. The predicted octanol–water partition coefficient (Wildman–Crippen LogP) is 4.61. The molecule has 0 atom stereocenters. The van der Waals surface area contributed by atoms with Crippen molar-refractivity contribution in [3.8, 4) is 17.0 Å². The molecule has 0 fully saturated rings. The number of rotatable bonds is 3. The van der Waals surface area contributed by atoms with E-state index in [0.717, 1.165) is 16.8 Å². The molecule has 26 heavy (non-hydrogen) atoms. The van der Waals surface area contributed by atoms with Crippen molar-refractivity contribution in [3.63, 3.8) is 0 Å². The summed E-state index contributed by atoms with van der Waals surface area (Å²) in [5.74, 6) is 0.212. The Morgan fingerprint density at radius 1 is 1.08 bits per heavy atom. The van der Waals surface area contributed by atoms with Crippen LogP contribution in [0.25, 0.3) is 22.2 Å². The first-order valence-electron chi connectivity index (χ1n) is 7.91. The summed E-state index contributed by atoms with van der Waals surface area (Å²) in [4.78, 5) is 11.7. The van der Waals surface area contributed by atoms with Gasteiger partial charge >= 0.3 is 5.63 Å². The molecule has 2 heterocycles. The summed E-state index contributed by atoms with van der Waals surface area (Å²) in [5.41, 5.74) is 2.27. The van der Waals surface area contributed by atoms with E-state index in [1.54, 1.807) is 19.1 Å². The van der Waals surface area contributed by atoms with Gasteiger partial charge in [-0.2, -0.15) is 5.10 Å². The van der Waals surface area contributed by atoms with Gasteiger partial charge in [0, 0.05) is 17.5 Å². The Kier molecular flexibility index (Phi) is 3.81. The second-order valence-electron chi connectivity index (χ2n) is 5.76. The quantitative estimate of drug-likeness (QED) is 0.417. The zero-order valence-corrected chi connectivity index (χ0v) is 13.8. The van der Waals surface area contributed by atoms with E-state index >= 15 is 0 Å². The normalized spacial score (nSPS) is 11.4. The lowest BCUT2D eigenvalue weighted by Crippen LogP contribution is -1.97. The van der Waals surface area contributed by atoms with Crippen molar-refractivity contribution in [1.29, 1.82) is 0 Å². The molecule has 0 aliphatic heterocycles. The van der Waals surface area contributed by atoms with Crippen molar-refractivity contribution in [2.24, 2.45) is 10.2 Å². The van der Waals surface area contributed by atoms with Crippen LogP contribution in [0.2, 0.25) is 0 Å². The van der Waals surface area contributed by atoms with E-state index in [1.165, 1.54) is 12.1 Å². The highest BCUT2D eigenvalue weighted by Gasteiger charge is 2.12. The van der Waals surface area contributed by atoms with E-state index in [1.807, 2.05) is 30.3 Å². The number of nitrogens with zero attached hydrogens (tertiary/aromatic N) is 3. The number of aromatic nitrogens is 2. The SMILES string of the molecule is Cc1cc(=O)oc2c(N=Nc3cc(-c4ccccc4)[nH]n3)c(O)ccc12. The van der Waals surface area contributed by atoms with Crippen LogP contribution >= 0.6 is 0 Å². The number of aromatic amines is 1. The van der Waals surface area contributed by atoms with Gasteiger partial charge in [-0.05, 0) is 30.2 Å². The lowest BCUT2D eigenvalue weighted by Gasteiger charge is -2.04. The summed E-state index contributed by atoms with van der Waals surface area (Å²) in [6.07, 6.45) is 0. The summed E-state index contributed by atoms with van der Waals surface area (Å²) < 4.78 is 5.22. The first kappa shape index (κ1) is 15.8. The lowest BCUT2D eigenvalue weighted by atomic mass is 10.1. The average molecular weight is 346 g/mol. The maximum atomic E-state index is 11.7. The van der Waals surface area contributed by atoms with Crippen LogP contribution < -0.4 is 5.63 Å². The largest absolute Gasteiger partial charge is 0.505 e. The molecule has 0 saturated carbocycles. The Hall–Kier alpha value is -3.74. The van der Waals surface area contributed by atoms with Gasteiger partial charge in [-0.1, -0.05) is 30.3 Å². The lowest BCUT2D eigenvalue weighted by molar-refractivity contribution is 0.474. The third kappa shape index (κ3) is 2.86. The zero-order valence-electron chi connectivity index (χ0n) is 13.8. The molecule has 2 N–H and O–H groups in total. The fraction of sp³-hybridized carbons (Fsp3) is 0.0526. The van der Waals surface area contributed by atoms with Crippen LogP contribution in [-0.4, -0.2) is 15.3 Å². The number of azo groups is 1. The number of aromatic hydroxyl groups is 1. The molecule has 0 bridgehead atoms. The first-order valence-corrected chi connectivity index (χ1v) is 7.91. The Bertz CT molecular complexity index is 1180. The molecule has 128 valence electrons. The molecule has 0 aliphatic carbocycles. The smallest absolute Gasteiger partial charge is 0.336 e. The third-order valence-electron chi connectivity index (χ3n) is 3.97. The van der Waals surface area contributed by atoms with Crippen molar-refractivity contribution in [1.82, 2.24) is 10.2 Å². The van der Waals surface area contributed by atoms with E-state index < -0.39 is 5.63 Å². The Labute approximate surface area is 147 Å². The van der Waals surface area contributed by atoms with Crippen molar-refractivity contribution < 1.29 is 9.52 Å². The van der Waals surface area contributed by atoms with Gasteiger partial charge in [-0.15, -0.1) is 10.2 Å². The number of benzene rings is 2. The minimum absolute atomic E-state index is 0.0903. The van der Waals surface area contributed by atoms with Crippen molar-refractivity contribution >= 4 is 22.5 Å². The number of nitrogens with one attached hydrogen (secondary N) is 1. The molecule has 7 heteroatoms. The van der Waals surface area contributed by atoms with Crippen LogP contribution in [-0.2, 0) is 0 Å².